The van der Waals surface area contributed by atoms with E-state index in [4.69, 9.17) is 14.7 Å². The average molecular weight is 619 g/mol. The van der Waals surface area contributed by atoms with E-state index < -0.39 is 75.2 Å². The van der Waals surface area contributed by atoms with Crippen LogP contribution in [0, 0.1) is 0 Å². The van der Waals surface area contributed by atoms with Crippen molar-refractivity contribution in [2.24, 2.45) is 0 Å². The maximum absolute atomic E-state index is 13.6. The average Bonchev–Trinajstić information content (AvgIpc) is 2.90. The second-order valence-corrected chi connectivity index (χ2v) is 10.6. The molecule has 0 aliphatic carbocycles. The molecule has 3 aromatic rings. The molecule has 0 bridgehead atoms. The van der Waals surface area contributed by atoms with Crippen molar-refractivity contribution in [3.63, 3.8) is 0 Å². The van der Waals surface area contributed by atoms with Gasteiger partial charge in [0.05, 0.1) is 29.1 Å². The molecule has 3 N–H and O–H groups in total. The molecule has 42 heavy (non-hydrogen) atoms. The van der Waals surface area contributed by atoms with Crippen molar-refractivity contribution in [1.82, 2.24) is 5.48 Å². The molecule has 17 heteroatoms. The molecule has 1 atom stereocenters. The number of nitrogens with zero attached hydrogens (tertiary/aromatic N) is 1. The molecule has 224 valence electrons. The molecule has 1 unspecified atom stereocenters. The van der Waals surface area contributed by atoms with Gasteiger partial charge < -0.3 is 14.7 Å². The number of para-hydroxylation sites is 1. The van der Waals surface area contributed by atoms with Crippen LogP contribution >= 0.6 is 0 Å². The zero-order valence-electron chi connectivity index (χ0n) is 20.9. The molecule has 1 heterocycles. The van der Waals surface area contributed by atoms with Crippen molar-refractivity contribution in [3.05, 3.63) is 77.9 Å². The fourth-order valence-electron chi connectivity index (χ4n) is 3.96. The van der Waals surface area contributed by atoms with E-state index in [9.17, 15) is 44.3 Å². The highest BCUT2D eigenvalue weighted by molar-refractivity contribution is 7.92. The quantitative estimate of drug-likeness (QED) is 0.242. The molecule has 0 fully saturated rings. The zero-order valence-corrected chi connectivity index (χ0v) is 21.7. The molecular formula is C25H19F6N3O7S. The molecule has 1 aliphatic heterocycles. The number of fused-ring (bicyclic) bond motifs is 1. The van der Waals surface area contributed by atoms with Crippen molar-refractivity contribution < 1.29 is 59.0 Å². The minimum absolute atomic E-state index is 0.0954. The summed E-state index contributed by atoms with van der Waals surface area (Å²) in [5.74, 6) is -1.89. The van der Waals surface area contributed by atoms with Gasteiger partial charge in [0.1, 0.15) is 17.4 Å². The normalized spacial score (nSPS) is 15.3. The van der Waals surface area contributed by atoms with Gasteiger partial charge >= 0.3 is 18.4 Å². The summed E-state index contributed by atoms with van der Waals surface area (Å²) >= 11 is 0. The van der Waals surface area contributed by atoms with Crippen LogP contribution in [-0.4, -0.2) is 38.2 Å². The number of carboxylic acid groups (broad SMARTS) is 1. The molecule has 10 nitrogen and oxygen atoms in total. The third-order valence-electron chi connectivity index (χ3n) is 5.77. The largest absolute Gasteiger partial charge is 0.486 e. The number of carbonyl (C=O) groups excluding carboxylic acids is 1. The number of halogens is 6. The van der Waals surface area contributed by atoms with Gasteiger partial charge in [-0.2, -0.15) is 31.8 Å². The van der Waals surface area contributed by atoms with Crippen LogP contribution in [0.1, 0.15) is 17.5 Å². The summed E-state index contributed by atoms with van der Waals surface area (Å²) in [6, 6.07) is 10.4. The van der Waals surface area contributed by atoms with Crippen LogP contribution in [0.25, 0.3) is 0 Å². The Kier molecular flexibility index (Phi) is 8.15. The van der Waals surface area contributed by atoms with Crippen molar-refractivity contribution in [2.45, 2.75) is 29.8 Å². The number of anilines is 2. The fraction of sp³-hybridized carbons (Fsp3) is 0.200. The Labute approximate surface area is 233 Å². The third kappa shape index (κ3) is 6.79. The summed E-state index contributed by atoms with van der Waals surface area (Å²) in [4.78, 5) is 27.7. The van der Waals surface area contributed by atoms with Gasteiger partial charge in [0.25, 0.3) is 15.9 Å². The van der Waals surface area contributed by atoms with Crippen LogP contribution in [0.15, 0.2) is 71.6 Å². The molecule has 0 radical (unpaired) electrons. The van der Waals surface area contributed by atoms with Crippen molar-refractivity contribution in [3.8, 4) is 11.5 Å². The number of benzene rings is 3. The second kappa shape index (κ2) is 11.3. The third-order valence-corrected chi connectivity index (χ3v) is 7.55. The number of hydroxylamine groups is 1. The number of ether oxygens (including phenoxy) is 1. The van der Waals surface area contributed by atoms with Crippen LogP contribution in [0.3, 0.4) is 0 Å². The highest BCUT2D eigenvalue weighted by atomic mass is 32.2. The fourth-order valence-corrected chi connectivity index (χ4v) is 5.50. The van der Waals surface area contributed by atoms with E-state index in [0.29, 0.717) is 16.4 Å². The first-order chi connectivity index (χ1) is 19.6. The smallest absolute Gasteiger partial charge is 0.420 e. The van der Waals surface area contributed by atoms with E-state index in [1.54, 1.807) is 0 Å². The second-order valence-electron chi connectivity index (χ2n) is 8.74. The van der Waals surface area contributed by atoms with Gasteiger partial charge in [-0.25, -0.2) is 13.2 Å². The lowest BCUT2D eigenvalue weighted by molar-refractivity contribution is -0.141. The Balaban J connectivity index is 1.62. The molecule has 1 aliphatic rings. The van der Waals surface area contributed by atoms with Crippen LogP contribution in [0.2, 0.25) is 0 Å². The standard InChI is InChI=1S/C25H19F6N3O7S/c26-24(27,28)14-4-3-5-17(10-14)42(38,39)34-13-16(40-21-9-8-15(11-19(21)34)32-23(36)37)12-22(35)33-41-20-7-2-1-6-18(20)25(29,30)31/h1-11,16,32H,12-13H2,(H,33,35)(H,36,37). The Hall–Kier alpha value is -4.67. The molecule has 0 saturated carbocycles. The Morgan fingerprint density at radius 2 is 1.69 bits per heavy atom. The number of nitrogens with one attached hydrogen (secondary N) is 2. The Morgan fingerprint density at radius 1 is 0.976 bits per heavy atom. The highest BCUT2D eigenvalue weighted by Gasteiger charge is 2.38. The summed E-state index contributed by atoms with van der Waals surface area (Å²) in [5.41, 5.74) is -0.919. The maximum Gasteiger partial charge on any atom is 0.420 e. The van der Waals surface area contributed by atoms with E-state index in [-0.39, 0.29) is 17.1 Å². The predicted molar refractivity (Wildman–Crippen MR) is 133 cm³/mol. The van der Waals surface area contributed by atoms with Gasteiger partial charge in [-0.15, -0.1) is 0 Å². The molecule has 4 rings (SSSR count). The lowest BCUT2D eigenvalue weighted by Gasteiger charge is -2.35. The van der Waals surface area contributed by atoms with E-state index in [2.05, 4.69) is 0 Å². The monoisotopic (exact) mass is 619 g/mol. The topological polar surface area (TPSA) is 134 Å². The molecule has 0 spiro atoms. The van der Waals surface area contributed by atoms with Gasteiger partial charge in [0, 0.05) is 5.69 Å². The van der Waals surface area contributed by atoms with Crippen LogP contribution in [0.5, 0.6) is 11.5 Å². The SMILES string of the molecule is O=C(O)Nc1ccc2c(c1)N(S(=O)(=O)c1cccc(C(F)(F)F)c1)CC(CC(=O)NOc1ccccc1C(F)(F)F)O2. The summed E-state index contributed by atoms with van der Waals surface area (Å²) in [5, 5.41) is 11.0. The summed E-state index contributed by atoms with van der Waals surface area (Å²) in [7, 11) is -4.76. The minimum Gasteiger partial charge on any atom is -0.486 e. The van der Waals surface area contributed by atoms with Crippen LogP contribution in [0.4, 0.5) is 42.5 Å². The molecule has 3 aromatic carbocycles. The molecular weight excluding hydrogens is 600 g/mol. The summed E-state index contributed by atoms with van der Waals surface area (Å²) < 4.78 is 113. The van der Waals surface area contributed by atoms with Gasteiger partial charge in [0.2, 0.25) is 0 Å². The number of rotatable bonds is 7. The Morgan fingerprint density at radius 3 is 2.36 bits per heavy atom. The summed E-state index contributed by atoms with van der Waals surface area (Å²) in [6.45, 7) is -0.644. The number of hydrogen-bond donors (Lipinski definition) is 3. The van der Waals surface area contributed by atoms with Crippen LogP contribution in [-0.2, 0) is 27.2 Å². The van der Waals surface area contributed by atoms with Crippen LogP contribution < -0.4 is 24.7 Å². The van der Waals surface area contributed by atoms with Gasteiger partial charge in [-0.1, -0.05) is 18.2 Å². The number of hydrogen-bond acceptors (Lipinski definition) is 6. The van der Waals surface area contributed by atoms with E-state index >= 15 is 0 Å². The van der Waals surface area contributed by atoms with Crippen molar-refractivity contribution in [2.75, 3.05) is 16.2 Å². The maximum atomic E-state index is 13.6. The van der Waals surface area contributed by atoms with Crippen molar-refractivity contribution >= 4 is 33.4 Å². The lowest BCUT2D eigenvalue weighted by Crippen LogP contribution is -2.45. The van der Waals surface area contributed by atoms with Crippen molar-refractivity contribution in [1.29, 1.82) is 0 Å². The van der Waals surface area contributed by atoms with Gasteiger partial charge in [0.15, 0.2) is 5.75 Å². The highest BCUT2D eigenvalue weighted by Crippen LogP contribution is 2.40. The Bertz CT molecular complexity index is 1610. The van der Waals surface area contributed by atoms with E-state index in [1.165, 1.54) is 18.2 Å². The number of carbonyl (C=O) groups is 2. The first-order valence-corrected chi connectivity index (χ1v) is 13.1. The van der Waals surface area contributed by atoms with Gasteiger partial charge in [-0.3, -0.25) is 14.4 Å². The first-order valence-electron chi connectivity index (χ1n) is 11.7. The number of sulfonamides is 1. The minimum atomic E-state index is -4.86. The zero-order chi connectivity index (χ0) is 30.9. The molecule has 0 saturated heterocycles. The summed E-state index contributed by atoms with van der Waals surface area (Å²) in [6.07, 6.45) is -13.1. The number of alkyl halides is 6. The van der Waals surface area contributed by atoms with Gasteiger partial charge in [-0.05, 0) is 48.5 Å². The van der Waals surface area contributed by atoms with E-state index in [0.717, 1.165) is 36.4 Å². The lowest BCUT2D eigenvalue weighted by atomic mass is 10.1. The molecule has 0 aromatic heterocycles. The number of amides is 2. The molecule has 2 amide bonds. The van der Waals surface area contributed by atoms with E-state index in [1.807, 2.05) is 10.8 Å². The predicted octanol–water partition coefficient (Wildman–Crippen LogP) is 5.27. The first kappa shape index (κ1) is 30.3.